The number of nitrogens with one attached hydrogen (secondary N) is 1. The van der Waals surface area contributed by atoms with Gasteiger partial charge in [-0.25, -0.2) is 0 Å². The number of primary amides is 1. The molecule has 1 aliphatic heterocycles. The molecular formula is C14H21N3O2. The van der Waals surface area contributed by atoms with Crippen molar-refractivity contribution in [2.45, 2.75) is 18.4 Å². The van der Waals surface area contributed by atoms with Crippen molar-refractivity contribution >= 4 is 11.6 Å². The lowest BCUT2D eigenvalue weighted by molar-refractivity contribution is -0.123. The minimum atomic E-state index is -0.721. The number of likely N-dealkylation sites (tertiary alicyclic amines) is 1. The number of amides is 1. The third-order valence-electron chi connectivity index (χ3n) is 3.64. The lowest BCUT2D eigenvalue weighted by atomic mass is 9.88. The van der Waals surface area contributed by atoms with Gasteiger partial charge >= 0.3 is 0 Å². The van der Waals surface area contributed by atoms with Crippen LogP contribution in [0.25, 0.3) is 0 Å². The number of nitrogens with zero attached hydrogens (tertiary/aromatic N) is 1. The monoisotopic (exact) mass is 263 g/mol. The molecule has 1 heterocycles. The molecular weight excluding hydrogens is 242 g/mol. The van der Waals surface area contributed by atoms with Crippen LogP contribution in [0, 0.1) is 0 Å². The fourth-order valence-corrected chi connectivity index (χ4v) is 2.64. The van der Waals surface area contributed by atoms with E-state index in [4.69, 9.17) is 10.5 Å². The molecule has 1 atom stereocenters. The van der Waals surface area contributed by atoms with Gasteiger partial charge in [0, 0.05) is 6.54 Å². The number of likely N-dealkylation sites (N-methyl/N-ethyl adjacent to an activating group) is 1. The van der Waals surface area contributed by atoms with Gasteiger partial charge in [0.25, 0.3) is 0 Å². The summed E-state index contributed by atoms with van der Waals surface area (Å²) in [6, 6.07) is 7.57. The molecule has 0 aromatic heterocycles. The zero-order valence-electron chi connectivity index (χ0n) is 11.5. The third-order valence-corrected chi connectivity index (χ3v) is 3.64. The highest BCUT2D eigenvalue weighted by Gasteiger charge is 2.40. The molecule has 1 amide bonds. The zero-order valence-corrected chi connectivity index (χ0v) is 11.5. The fraction of sp³-hybridized carbons (Fsp3) is 0.500. The van der Waals surface area contributed by atoms with Crippen LogP contribution in [0.5, 0.6) is 5.75 Å². The van der Waals surface area contributed by atoms with Gasteiger partial charge in [-0.05, 0) is 38.6 Å². The normalized spacial score (nSPS) is 23.9. The highest BCUT2D eigenvalue weighted by Crippen LogP contribution is 2.30. The van der Waals surface area contributed by atoms with Gasteiger partial charge in [-0.1, -0.05) is 12.1 Å². The molecule has 1 fully saturated rings. The Bertz CT molecular complexity index is 464. The van der Waals surface area contributed by atoms with E-state index in [9.17, 15) is 4.79 Å². The van der Waals surface area contributed by atoms with Crippen LogP contribution < -0.4 is 15.8 Å². The molecule has 0 aliphatic carbocycles. The molecule has 104 valence electrons. The first kappa shape index (κ1) is 13.7. The van der Waals surface area contributed by atoms with E-state index in [1.165, 1.54) is 0 Å². The number of rotatable bonds is 4. The van der Waals surface area contributed by atoms with Gasteiger partial charge in [-0.15, -0.1) is 0 Å². The second-order valence-corrected chi connectivity index (χ2v) is 5.11. The molecule has 2 rings (SSSR count). The highest BCUT2D eigenvalue weighted by molar-refractivity contribution is 5.89. The molecule has 1 unspecified atom stereocenters. The Morgan fingerprint density at radius 1 is 1.47 bits per heavy atom. The summed E-state index contributed by atoms with van der Waals surface area (Å²) in [5, 5.41) is 3.30. The molecule has 0 saturated carbocycles. The predicted octanol–water partition coefficient (Wildman–Crippen LogP) is 1.06. The first-order chi connectivity index (χ1) is 9.07. The number of carbonyl (C=O) groups is 1. The van der Waals surface area contributed by atoms with E-state index < -0.39 is 5.54 Å². The van der Waals surface area contributed by atoms with Crippen molar-refractivity contribution in [3.63, 3.8) is 0 Å². The Morgan fingerprint density at radius 2 is 2.21 bits per heavy atom. The summed E-state index contributed by atoms with van der Waals surface area (Å²) in [5.74, 6) is 0.404. The molecule has 5 nitrogen and oxygen atoms in total. The van der Waals surface area contributed by atoms with Crippen molar-refractivity contribution in [3.05, 3.63) is 24.3 Å². The Hall–Kier alpha value is -1.75. The van der Waals surface area contributed by atoms with Crippen LogP contribution in [0.4, 0.5) is 5.69 Å². The number of methoxy groups -OCH3 is 1. The quantitative estimate of drug-likeness (QED) is 0.852. The molecule has 1 saturated heterocycles. The molecule has 0 spiro atoms. The largest absolute Gasteiger partial charge is 0.495 e. The molecule has 1 aromatic carbocycles. The lowest BCUT2D eigenvalue weighted by Gasteiger charge is -2.40. The van der Waals surface area contributed by atoms with Gasteiger partial charge in [0.15, 0.2) is 0 Å². The molecule has 19 heavy (non-hydrogen) atoms. The molecule has 3 N–H and O–H groups in total. The van der Waals surface area contributed by atoms with Crippen LogP contribution in [-0.2, 0) is 4.79 Å². The summed E-state index contributed by atoms with van der Waals surface area (Å²) >= 11 is 0. The van der Waals surface area contributed by atoms with Crippen LogP contribution in [0.15, 0.2) is 24.3 Å². The van der Waals surface area contributed by atoms with Crippen molar-refractivity contribution in [2.24, 2.45) is 5.73 Å². The Morgan fingerprint density at radius 3 is 2.84 bits per heavy atom. The Balaban J connectivity index is 2.28. The average Bonchev–Trinajstić information content (AvgIpc) is 2.39. The maximum absolute atomic E-state index is 11.9. The van der Waals surface area contributed by atoms with E-state index in [1.807, 2.05) is 31.3 Å². The summed E-state index contributed by atoms with van der Waals surface area (Å²) in [4.78, 5) is 14.0. The second-order valence-electron chi connectivity index (χ2n) is 5.11. The van der Waals surface area contributed by atoms with Crippen molar-refractivity contribution in [2.75, 3.05) is 32.6 Å². The number of anilines is 1. The summed E-state index contributed by atoms with van der Waals surface area (Å²) < 4.78 is 5.31. The summed E-state index contributed by atoms with van der Waals surface area (Å²) in [6.45, 7) is 1.60. The number of hydrogen-bond donors (Lipinski definition) is 2. The number of nitrogens with two attached hydrogens (primary N) is 1. The SMILES string of the molecule is COc1ccccc1NC1(C(N)=O)CCCN(C)C1. The highest BCUT2D eigenvalue weighted by atomic mass is 16.5. The predicted molar refractivity (Wildman–Crippen MR) is 75.3 cm³/mol. The van der Waals surface area contributed by atoms with E-state index in [0.29, 0.717) is 6.54 Å². The van der Waals surface area contributed by atoms with E-state index in [1.54, 1.807) is 7.11 Å². The molecule has 0 bridgehead atoms. The van der Waals surface area contributed by atoms with Crippen LogP contribution in [-0.4, -0.2) is 43.6 Å². The Labute approximate surface area is 113 Å². The number of piperidine rings is 1. The van der Waals surface area contributed by atoms with Gasteiger partial charge < -0.3 is 20.7 Å². The maximum Gasteiger partial charge on any atom is 0.244 e. The van der Waals surface area contributed by atoms with Crippen molar-refractivity contribution in [3.8, 4) is 5.75 Å². The third kappa shape index (κ3) is 2.81. The molecule has 0 radical (unpaired) electrons. The number of ether oxygens (including phenoxy) is 1. The first-order valence-electron chi connectivity index (χ1n) is 6.47. The smallest absolute Gasteiger partial charge is 0.244 e. The first-order valence-corrected chi connectivity index (χ1v) is 6.47. The lowest BCUT2D eigenvalue weighted by Crippen LogP contribution is -2.59. The number of para-hydroxylation sites is 2. The molecule has 1 aliphatic rings. The molecule has 5 heteroatoms. The van der Waals surface area contributed by atoms with E-state index in [-0.39, 0.29) is 5.91 Å². The van der Waals surface area contributed by atoms with Gasteiger partial charge in [0.2, 0.25) is 5.91 Å². The average molecular weight is 263 g/mol. The summed E-state index contributed by atoms with van der Waals surface area (Å²) in [6.07, 6.45) is 1.69. The minimum Gasteiger partial charge on any atom is -0.495 e. The van der Waals surface area contributed by atoms with Crippen LogP contribution in [0.1, 0.15) is 12.8 Å². The van der Waals surface area contributed by atoms with Crippen LogP contribution >= 0.6 is 0 Å². The van der Waals surface area contributed by atoms with Crippen molar-refractivity contribution < 1.29 is 9.53 Å². The maximum atomic E-state index is 11.9. The van der Waals surface area contributed by atoms with Gasteiger partial charge in [0.1, 0.15) is 11.3 Å². The van der Waals surface area contributed by atoms with Crippen LogP contribution in [0.3, 0.4) is 0 Å². The number of carbonyl (C=O) groups excluding carboxylic acids is 1. The van der Waals surface area contributed by atoms with E-state index >= 15 is 0 Å². The minimum absolute atomic E-state index is 0.315. The second kappa shape index (κ2) is 5.48. The molecule has 1 aromatic rings. The van der Waals surface area contributed by atoms with E-state index in [2.05, 4.69) is 10.2 Å². The van der Waals surface area contributed by atoms with E-state index in [0.717, 1.165) is 30.8 Å². The fourth-order valence-electron chi connectivity index (χ4n) is 2.64. The van der Waals surface area contributed by atoms with Gasteiger partial charge in [-0.3, -0.25) is 4.79 Å². The number of hydrogen-bond acceptors (Lipinski definition) is 4. The standard InChI is InChI=1S/C14H21N3O2/c1-17-9-5-8-14(10-17,13(15)18)16-11-6-3-4-7-12(11)19-2/h3-4,6-7,16H,5,8-10H2,1-2H3,(H2,15,18). The number of benzene rings is 1. The Kier molecular flexibility index (Phi) is 3.95. The van der Waals surface area contributed by atoms with Gasteiger partial charge in [0.05, 0.1) is 12.8 Å². The van der Waals surface area contributed by atoms with Crippen molar-refractivity contribution in [1.29, 1.82) is 0 Å². The van der Waals surface area contributed by atoms with Gasteiger partial charge in [-0.2, -0.15) is 0 Å². The summed E-state index contributed by atoms with van der Waals surface area (Å²) in [5.41, 5.74) is 5.72. The van der Waals surface area contributed by atoms with Crippen molar-refractivity contribution in [1.82, 2.24) is 4.90 Å². The zero-order chi connectivity index (χ0) is 13.9. The topological polar surface area (TPSA) is 67.6 Å². The summed E-state index contributed by atoms with van der Waals surface area (Å²) in [7, 11) is 3.62. The van der Waals surface area contributed by atoms with Crippen LogP contribution in [0.2, 0.25) is 0 Å².